The molecule has 1 aromatic heterocycles. The summed E-state index contributed by atoms with van der Waals surface area (Å²) in [7, 11) is 1.57. The number of hydrogen-bond donors (Lipinski definition) is 0. The van der Waals surface area contributed by atoms with E-state index in [2.05, 4.69) is 14.8 Å². The molecule has 3 heterocycles. The van der Waals surface area contributed by atoms with Gasteiger partial charge in [0.1, 0.15) is 5.56 Å². The highest BCUT2D eigenvalue weighted by Gasteiger charge is 2.30. The van der Waals surface area contributed by atoms with Crippen LogP contribution >= 0.6 is 11.8 Å². The topological polar surface area (TPSA) is 45.7 Å². The fourth-order valence-electron chi connectivity index (χ4n) is 3.38. The summed E-state index contributed by atoms with van der Waals surface area (Å²) in [5, 5.41) is 0. The van der Waals surface area contributed by atoms with Gasteiger partial charge in [-0.15, -0.1) is 0 Å². The molecular formula is C17H25N3O2S. The number of pyridine rings is 1. The third kappa shape index (κ3) is 3.98. The van der Waals surface area contributed by atoms with Crippen LogP contribution in [0.3, 0.4) is 0 Å². The average Bonchev–Trinajstić information content (AvgIpc) is 2.99. The van der Waals surface area contributed by atoms with Crippen molar-refractivity contribution in [1.29, 1.82) is 0 Å². The van der Waals surface area contributed by atoms with Gasteiger partial charge in [-0.05, 0) is 50.2 Å². The van der Waals surface area contributed by atoms with Crippen molar-refractivity contribution in [3.05, 3.63) is 23.9 Å². The number of nitrogens with zero attached hydrogens (tertiary/aromatic N) is 3. The zero-order valence-corrected chi connectivity index (χ0v) is 14.6. The van der Waals surface area contributed by atoms with Crippen LogP contribution in [0.5, 0.6) is 5.88 Å². The molecule has 0 spiro atoms. The Morgan fingerprint density at radius 3 is 2.96 bits per heavy atom. The minimum Gasteiger partial charge on any atom is -0.480 e. The van der Waals surface area contributed by atoms with Crippen molar-refractivity contribution in [3.63, 3.8) is 0 Å². The Morgan fingerprint density at radius 1 is 1.35 bits per heavy atom. The van der Waals surface area contributed by atoms with E-state index in [1.807, 2.05) is 17.8 Å². The zero-order valence-electron chi connectivity index (χ0n) is 13.7. The Hall–Kier alpha value is -1.27. The minimum atomic E-state index is 0.0571. The van der Waals surface area contributed by atoms with Gasteiger partial charge in [-0.3, -0.25) is 4.79 Å². The van der Waals surface area contributed by atoms with Crippen LogP contribution in [0.2, 0.25) is 0 Å². The van der Waals surface area contributed by atoms with Crippen LogP contribution in [0.1, 0.15) is 29.6 Å². The van der Waals surface area contributed by atoms with Crippen molar-refractivity contribution < 1.29 is 9.53 Å². The molecule has 0 radical (unpaired) electrons. The zero-order chi connectivity index (χ0) is 16.1. The van der Waals surface area contributed by atoms with Gasteiger partial charge < -0.3 is 14.5 Å². The van der Waals surface area contributed by atoms with Crippen LogP contribution < -0.4 is 4.74 Å². The van der Waals surface area contributed by atoms with Gasteiger partial charge >= 0.3 is 0 Å². The van der Waals surface area contributed by atoms with Crippen molar-refractivity contribution in [2.45, 2.75) is 25.3 Å². The summed E-state index contributed by atoms with van der Waals surface area (Å²) in [6.45, 7) is 4.14. The van der Waals surface area contributed by atoms with E-state index >= 15 is 0 Å². The molecule has 1 aromatic rings. The van der Waals surface area contributed by atoms with Crippen LogP contribution in [0, 0.1) is 0 Å². The van der Waals surface area contributed by atoms with Gasteiger partial charge in [0, 0.05) is 25.0 Å². The second-order valence-electron chi connectivity index (χ2n) is 6.15. The monoisotopic (exact) mass is 335 g/mol. The molecular weight excluding hydrogens is 310 g/mol. The third-order valence-corrected chi connectivity index (χ3v) is 5.76. The van der Waals surface area contributed by atoms with E-state index in [0.29, 0.717) is 11.4 Å². The van der Waals surface area contributed by atoms with Crippen molar-refractivity contribution in [2.75, 3.05) is 44.8 Å². The van der Waals surface area contributed by atoms with Crippen LogP contribution in [0.25, 0.3) is 0 Å². The van der Waals surface area contributed by atoms with E-state index < -0.39 is 0 Å². The first-order valence-electron chi connectivity index (χ1n) is 8.39. The van der Waals surface area contributed by atoms with Crippen molar-refractivity contribution >= 4 is 17.7 Å². The molecule has 0 aromatic carbocycles. The molecule has 0 N–H and O–H groups in total. The average molecular weight is 335 g/mol. The highest BCUT2D eigenvalue weighted by molar-refractivity contribution is 7.99. The summed E-state index contributed by atoms with van der Waals surface area (Å²) in [6.07, 6.45) is 5.28. The summed E-state index contributed by atoms with van der Waals surface area (Å²) >= 11 is 1.97. The number of likely N-dealkylation sites (tertiary alicyclic amines) is 1. The molecule has 126 valence electrons. The number of aromatic nitrogens is 1. The van der Waals surface area contributed by atoms with E-state index in [1.165, 1.54) is 25.9 Å². The maximum Gasteiger partial charge on any atom is 0.259 e. The Labute approximate surface area is 142 Å². The van der Waals surface area contributed by atoms with Gasteiger partial charge in [-0.25, -0.2) is 4.98 Å². The molecule has 3 rings (SSSR count). The standard InChI is InChI=1S/C17H25N3O2S/c1-22-16-15(6-4-7-18-16)17(21)20-10-5-11-23-13-14(20)12-19-8-2-3-9-19/h4,6-7,14H,2-3,5,8-13H2,1H3/t14-/m0/s1. The highest BCUT2D eigenvalue weighted by atomic mass is 32.2. The second kappa shape index (κ2) is 8.02. The predicted octanol–water partition coefficient (Wildman–Crippen LogP) is 2.13. The molecule has 2 aliphatic rings. The highest BCUT2D eigenvalue weighted by Crippen LogP contribution is 2.23. The number of carbonyl (C=O) groups excluding carboxylic acids is 1. The molecule has 23 heavy (non-hydrogen) atoms. The number of thioether (sulfide) groups is 1. The number of amides is 1. The van der Waals surface area contributed by atoms with Gasteiger partial charge in [0.25, 0.3) is 5.91 Å². The maximum absolute atomic E-state index is 13.1. The summed E-state index contributed by atoms with van der Waals surface area (Å²) in [4.78, 5) is 21.8. The Balaban J connectivity index is 1.79. The smallest absolute Gasteiger partial charge is 0.259 e. The Morgan fingerprint density at radius 2 is 2.17 bits per heavy atom. The van der Waals surface area contributed by atoms with E-state index in [1.54, 1.807) is 19.4 Å². The third-order valence-electron chi connectivity index (χ3n) is 4.56. The van der Waals surface area contributed by atoms with E-state index in [0.717, 1.165) is 31.0 Å². The second-order valence-corrected chi connectivity index (χ2v) is 7.30. The summed E-state index contributed by atoms with van der Waals surface area (Å²) < 4.78 is 5.28. The molecule has 2 fully saturated rings. The lowest BCUT2D eigenvalue weighted by atomic mass is 10.1. The largest absolute Gasteiger partial charge is 0.480 e. The van der Waals surface area contributed by atoms with E-state index in [-0.39, 0.29) is 11.9 Å². The molecule has 5 nitrogen and oxygen atoms in total. The number of carbonyl (C=O) groups is 1. The molecule has 6 heteroatoms. The summed E-state index contributed by atoms with van der Waals surface area (Å²) in [5.74, 6) is 2.63. The quantitative estimate of drug-likeness (QED) is 0.843. The summed E-state index contributed by atoms with van der Waals surface area (Å²) in [5.41, 5.74) is 0.577. The molecule has 2 aliphatic heterocycles. The number of methoxy groups -OCH3 is 1. The number of hydrogen-bond acceptors (Lipinski definition) is 5. The van der Waals surface area contributed by atoms with Crippen LogP contribution in [0.4, 0.5) is 0 Å². The van der Waals surface area contributed by atoms with Gasteiger partial charge in [-0.1, -0.05) is 0 Å². The molecule has 0 saturated carbocycles. The van der Waals surface area contributed by atoms with Crippen molar-refractivity contribution in [3.8, 4) is 5.88 Å². The van der Waals surface area contributed by atoms with E-state index in [9.17, 15) is 4.79 Å². The minimum absolute atomic E-state index is 0.0571. The Kier molecular flexibility index (Phi) is 5.78. The number of ether oxygens (including phenoxy) is 1. The van der Waals surface area contributed by atoms with Gasteiger partial charge in [0.05, 0.1) is 13.2 Å². The molecule has 0 bridgehead atoms. The van der Waals surface area contributed by atoms with Crippen LogP contribution in [0.15, 0.2) is 18.3 Å². The first-order valence-corrected chi connectivity index (χ1v) is 9.55. The fraction of sp³-hybridized carbons (Fsp3) is 0.647. The molecule has 0 aliphatic carbocycles. The Bertz CT molecular complexity index is 534. The number of rotatable bonds is 4. The first-order chi connectivity index (χ1) is 11.3. The van der Waals surface area contributed by atoms with Crippen LogP contribution in [-0.2, 0) is 0 Å². The molecule has 2 saturated heterocycles. The molecule has 1 atom stereocenters. The SMILES string of the molecule is COc1ncccc1C(=O)N1CCCSC[C@@H]1CN1CCCC1. The lowest BCUT2D eigenvalue weighted by Crippen LogP contribution is -2.47. The maximum atomic E-state index is 13.1. The fourth-order valence-corrected chi connectivity index (χ4v) is 4.44. The van der Waals surface area contributed by atoms with Gasteiger partial charge in [0.2, 0.25) is 5.88 Å². The molecule has 0 unspecified atom stereocenters. The van der Waals surface area contributed by atoms with E-state index in [4.69, 9.17) is 4.74 Å². The summed E-state index contributed by atoms with van der Waals surface area (Å²) in [6, 6.07) is 3.90. The predicted molar refractivity (Wildman–Crippen MR) is 93.2 cm³/mol. The van der Waals surface area contributed by atoms with Crippen molar-refractivity contribution in [1.82, 2.24) is 14.8 Å². The lowest BCUT2D eigenvalue weighted by molar-refractivity contribution is 0.0662. The van der Waals surface area contributed by atoms with Crippen LogP contribution in [-0.4, -0.2) is 71.5 Å². The van der Waals surface area contributed by atoms with Gasteiger partial charge in [-0.2, -0.15) is 11.8 Å². The molecule has 1 amide bonds. The lowest BCUT2D eigenvalue weighted by Gasteiger charge is -2.33. The van der Waals surface area contributed by atoms with Gasteiger partial charge in [0.15, 0.2) is 0 Å². The first kappa shape index (κ1) is 16.6. The van der Waals surface area contributed by atoms with Crippen molar-refractivity contribution in [2.24, 2.45) is 0 Å². The normalized spacial score (nSPS) is 22.8.